The molecule has 1 atom stereocenters. The highest BCUT2D eigenvalue weighted by Crippen LogP contribution is 2.31. The van der Waals surface area contributed by atoms with Crippen LogP contribution in [0.4, 0.5) is 23.7 Å². The summed E-state index contributed by atoms with van der Waals surface area (Å²) in [5.74, 6) is -2.11. The number of nitrogens with zero attached hydrogens (tertiary/aromatic N) is 1. The van der Waals surface area contributed by atoms with Gasteiger partial charge in [0, 0.05) is 18.8 Å². The molecule has 0 radical (unpaired) electrons. The Morgan fingerprint density at radius 2 is 1.78 bits per heavy atom. The molecular weight excluding hydrogens is 495 g/mol. The van der Waals surface area contributed by atoms with E-state index < -0.39 is 47.9 Å². The Balaban J connectivity index is 1.93. The van der Waals surface area contributed by atoms with Crippen LogP contribution in [0.1, 0.15) is 29.3 Å². The number of alkyl halides is 3. The SMILES string of the molecule is Cc1cc(-c2cccc(OC(F)(F)F)c2)cc([C@H](CC(=O)O)NC(=O)Nc2c(O)cc(C)n(C)c2=O)c1. The van der Waals surface area contributed by atoms with E-state index >= 15 is 0 Å². The van der Waals surface area contributed by atoms with E-state index in [1.54, 1.807) is 32.0 Å². The number of aromatic hydroxyl groups is 1. The number of aryl methyl sites for hydroxylation is 2. The summed E-state index contributed by atoms with van der Waals surface area (Å²) in [4.78, 5) is 36.7. The number of aromatic nitrogens is 1. The molecule has 9 nitrogen and oxygen atoms in total. The molecule has 12 heteroatoms. The van der Waals surface area contributed by atoms with Crippen molar-refractivity contribution in [1.82, 2.24) is 9.88 Å². The molecule has 2 amide bonds. The zero-order valence-electron chi connectivity index (χ0n) is 20.0. The van der Waals surface area contributed by atoms with E-state index in [9.17, 15) is 37.8 Å². The molecule has 3 aromatic rings. The lowest BCUT2D eigenvalue weighted by Gasteiger charge is -2.20. The molecule has 0 bridgehead atoms. The van der Waals surface area contributed by atoms with Crippen molar-refractivity contribution >= 4 is 17.7 Å². The van der Waals surface area contributed by atoms with E-state index in [2.05, 4.69) is 15.4 Å². The van der Waals surface area contributed by atoms with Gasteiger partial charge in [-0.25, -0.2) is 4.79 Å². The molecule has 0 unspecified atom stereocenters. The van der Waals surface area contributed by atoms with E-state index in [0.717, 1.165) is 6.07 Å². The van der Waals surface area contributed by atoms with Crippen molar-refractivity contribution in [2.45, 2.75) is 32.7 Å². The molecular formula is C25H24F3N3O6. The van der Waals surface area contributed by atoms with Gasteiger partial charge in [-0.1, -0.05) is 29.8 Å². The minimum absolute atomic E-state index is 0.357. The third-order valence-electron chi connectivity index (χ3n) is 5.47. The number of rotatable bonds is 7. The van der Waals surface area contributed by atoms with Crippen LogP contribution < -0.4 is 20.9 Å². The van der Waals surface area contributed by atoms with E-state index in [0.29, 0.717) is 27.9 Å². The Kier molecular flexibility index (Phi) is 7.80. The molecule has 0 aliphatic carbocycles. The number of carboxylic acids is 1. The summed E-state index contributed by atoms with van der Waals surface area (Å²) in [7, 11) is 1.45. The highest BCUT2D eigenvalue weighted by atomic mass is 19.4. The van der Waals surface area contributed by atoms with E-state index in [4.69, 9.17) is 0 Å². The number of carboxylic acid groups (broad SMARTS) is 1. The highest BCUT2D eigenvalue weighted by Gasteiger charge is 2.31. The zero-order valence-corrected chi connectivity index (χ0v) is 20.0. The molecule has 0 saturated carbocycles. The number of hydrogen-bond acceptors (Lipinski definition) is 5. The summed E-state index contributed by atoms with van der Waals surface area (Å²) in [6.45, 7) is 3.29. The summed E-state index contributed by atoms with van der Waals surface area (Å²) in [5, 5.41) is 24.3. The number of pyridine rings is 1. The first kappa shape index (κ1) is 27.1. The van der Waals surface area contributed by atoms with Crippen LogP contribution in [0, 0.1) is 13.8 Å². The van der Waals surface area contributed by atoms with Crippen LogP contribution in [0.15, 0.2) is 53.3 Å². The number of anilines is 1. The summed E-state index contributed by atoms with van der Waals surface area (Å²) in [5.41, 5.74) is 1.25. The Bertz CT molecular complexity index is 1400. The third-order valence-corrected chi connectivity index (χ3v) is 5.47. The fourth-order valence-electron chi connectivity index (χ4n) is 3.71. The number of ether oxygens (including phenoxy) is 1. The van der Waals surface area contributed by atoms with E-state index in [1.807, 2.05) is 0 Å². The van der Waals surface area contributed by atoms with Gasteiger partial charge in [-0.05, 0) is 48.7 Å². The van der Waals surface area contributed by atoms with Crippen molar-refractivity contribution in [3.8, 4) is 22.6 Å². The van der Waals surface area contributed by atoms with E-state index in [1.165, 1.54) is 35.9 Å². The van der Waals surface area contributed by atoms with Gasteiger partial charge in [0.1, 0.15) is 11.5 Å². The smallest absolute Gasteiger partial charge is 0.505 e. The van der Waals surface area contributed by atoms with Gasteiger partial charge in [0.15, 0.2) is 5.69 Å². The lowest BCUT2D eigenvalue weighted by atomic mass is 9.95. The van der Waals surface area contributed by atoms with Gasteiger partial charge in [0.25, 0.3) is 5.56 Å². The molecule has 0 fully saturated rings. The maximum Gasteiger partial charge on any atom is 0.573 e. The number of carbonyl (C=O) groups is 2. The number of benzene rings is 2. The van der Waals surface area contributed by atoms with Crippen molar-refractivity contribution < 1.29 is 37.7 Å². The van der Waals surface area contributed by atoms with Crippen LogP contribution in [0.2, 0.25) is 0 Å². The molecule has 37 heavy (non-hydrogen) atoms. The molecule has 0 spiro atoms. The average Bonchev–Trinajstić information content (AvgIpc) is 2.78. The Morgan fingerprint density at radius 3 is 2.43 bits per heavy atom. The number of aliphatic carboxylic acids is 1. The van der Waals surface area contributed by atoms with Gasteiger partial charge in [-0.3, -0.25) is 9.59 Å². The largest absolute Gasteiger partial charge is 0.573 e. The lowest BCUT2D eigenvalue weighted by molar-refractivity contribution is -0.274. The normalized spacial score (nSPS) is 12.1. The van der Waals surface area contributed by atoms with Crippen LogP contribution in [0.25, 0.3) is 11.1 Å². The van der Waals surface area contributed by atoms with Gasteiger partial charge in [-0.15, -0.1) is 13.2 Å². The van der Waals surface area contributed by atoms with Crippen LogP contribution in [-0.2, 0) is 11.8 Å². The molecule has 0 aliphatic heterocycles. The van der Waals surface area contributed by atoms with Crippen molar-refractivity contribution in [1.29, 1.82) is 0 Å². The summed E-state index contributed by atoms with van der Waals surface area (Å²) >= 11 is 0. The quantitative estimate of drug-likeness (QED) is 0.361. The van der Waals surface area contributed by atoms with Gasteiger partial charge in [-0.2, -0.15) is 0 Å². The van der Waals surface area contributed by atoms with Gasteiger partial charge in [0.2, 0.25) is 0 Å². The molecule has 196 valence electrons. The van der Waals surface area contributed by atoms with Crippen LogP contribution in [0.5, 0.6) is 11.5 Å². The van der Waals surface area contributed by atoms with Crippen molar-refractivity contribution in [3.63, 3.8) is 0 Å². The first-order valence-electron chi connectivity index (χ1n) is 10.9. The molecule has 0 saturated heterocycles. The minimum Gasteiger partial charge on any atom is -0.505 e. The predicted octanol–water partition coefficient (Wildman–Crippen LogP) is 4.61. The fourth-order valence-corrected chi connectivity index (χ4v) is 3.71. The first-order valence-corrected chi connectivity index (χ1v) is 10.9. The maximum absolute atomic E-state index is 12.7. The van der Waals surface area contributed by atoms with Crippen molar-refractivity contribution in [2.24, 2.45) is 7.05 Å². The molecule has 3 rings (SSSR count). The maximum atomic E-state index is 12.7. The predicted molar refractivity (Wildman–Crippen MR) is 129 cm³/mol. The summed E-state index contributed by atoms with van der Waals surface area (Å²) in [6, 6.07) is 9.39. The first-order chi connectivity index (χ1) is 17.2. The Labute approximate surface area is 209 Å². The molecule has 0 aliphatic rings. The van der Waals surface area contributed by atoms with Crippen LogP contribution >= 0.6 is 0 Å². The Morgan fingerprint density at radius 1 is 1.08 bits per heavy atom. The molecule has 2 aromatic carbocycles. The highest BCUT2D eigenvalue weighted by molar-refractivity contribution is 5.91. The molecule has 1 aromatic heterocycles. The van der Waals surface area contributed by atoms with Crippen molar-refractivity contribution in [3.05, 3.63) is 75.7 Å². The van der Waals surface area contributed by atoms with Crippen LogP contribution in [0.3, 0.4) is 0 Å². The second-order valence-corrected chi connectivity index (χ2v) is 8.37. The second kappa shape index (κ2) is 10.6. The fraction of sp³-hybridized carbons (Fsp3) is 0.240. The topological polar surface area (TPSA) is 130 Å². The van der Waals surface area contributed by atoms with Crippen LogP contribution in [-0.4, -0.2) is 33.1 Å². The van der Waals surface area contributed by atoms with Gasteiger partial charge < -0.3 is 30.2 Å². The van der Waals surface area contributed by atoms with Gasteiger partial charge >= 0.3 is 18.4 Å². The zero-order chi connectivity index (χ0) is 27.5. The standard InChI is InChI=1S/C25H24F3N3O6/c1-13-7-16(15-5-4-6-18(11-15)37-25(26,27)28)10-17(8-13)19(12-21(33)34)29-24(36)30-22-20(32)9-14(2)31(3)23(22)35/h4-11,19,32H,12H2,1-3H3,(H,33,34)(H2,29,30,36)/t19-/m0/s1. The average molecular weight is 519 g/mol. The number of nitrogens with one attached hydrogen (secondary N) is 2. The Hall–Kier alpha value is -4.48. The molecule has 4 N–H and O–H groups in total. The number of halogens is 3. The summed E-state index contributed by atoms with van der Waals surface area (Å²) in [6.07, 6.45) is -5.40. The monoisotopic (exact) mass is 519 g/mol. The summed E-state index contributed by atoms with van der Waals surface area (Å²) < 4.78 is 43.1. The number of urea groups is 1. The minimum atomic E-state index is -4.87. The lowest BCUT2D eigenvalue weighted by Crippen LogP contribution is -2.36. The van der Waals surface area contributed by atoms with E-state index in [-0.39, 0.29) is 5.69 Å². The van der Waals surface area contributed by atoms with Crippen molar-refractivity contribution in [2.75, 3.05) is 5.32 Å². The van der Waals surface area contributed by atoms with Gasteiger partial charge in [0.05, 0.1) is 12.5 Å². The molecule has 1 heterocycles. The second-order valence-electron chi connectivity index (χ2n) is 8.37. The number of hydrogen-bond donors (Lipinski definition) is 4. The third kappa shape index (κ3) is 7.03. The number of carbonyl (C=O) groups excluding carboxylic acids is 1. The number of amides is 2.